The van der Waals surface area contributed by atoms with E-state index in [-0.39, 0.29) is 22.5 Å². The molecule has 2 amide bonds. The summed E-state index contributed by atoms with van der Waals surface area (Å²) >= 11 is 2.38. The second-order valence-corrected chi connectivity index (χ2v) is 11.8. The molecule has 2 heterocycles. The molecule has 1 aromatic carbocycles. The summed E-state index contributed by atoms with van der Waals surface area (Å²) in [6.07, 6.45) is 1.63. The molecule has 1 saturated heterocycles. The second kappa shape index (κ2) is 10.7. The van der Waals surface area contributed by atoms with Crippen molar-refractivity contribution in [3.8, 4) is 0 Å². The second-order valence-electron chi connectivity index (χ2n) is 7.60. The van der Waals surface area contributed by atoms with Crippen LogP contribution in [0.5, 0.6) is 0 Å². The van der Waals surface area contributed by atoms with E-state index in [0.29, 0.717) is 30.1 Å². The number of amides is 2. The molecule has 2 N–H and O–H groups in total. The lowest BCUT2D eigenvalue weighted by Gasteiger charge is -2.22. The zero-order chi connectivity index (χ0) is 23.3. The van der Waals surface area contributed by atoms with Crippen molar-refractivity contribution in [2.24, 2.45) is 0 Å². The summed E-state index contributed by atoms with van der Waals surface area (Å²) in [5.41, 5.74) is 2.89. The van der Waals surface area contributed by atoms with Crippen molar-refractivity contribution in [2.75, 3.05) is 28.7 Å². The molecular weight excluding hydrogens is 470 g/mol. The first-order valence-corrected chi connectivity index (χ1v) is 13.7. The minimum Gasteiger partial charge on any atom is -0.325 e. The van der Waals surface area contributed by atoms with Crippen molar-refractivity contribution in [3.05, 3.63) is 29.3 Å². The molecule has 0 saturated carbocycles. The van der Waals surface area contributed by atoms with Crippen LogP contribution in [0.25, 0.3) is 0 Å². The van der Waals surface area contributed by atoms with Crippen LogP contribution < -0.4 is 10.6 Å². The molecule has 32 heavy (non-hydrogen) atoms. The van der Waals surface area contributed by atoms with Gasteiger partial charge < -0.3 is 5.32 Å². The van der Waals surface area contributed by atoms with Gasteiger partial charge in [-0.1, -0.05) is 47.7 Å². The summed E-state index contributed by atoms with van der Waals surface area (Å²) in [4.78, 5) is 24.9. The van der Waals surface area contributed by atoms with E-state index in [0.717, 1.165) is 28.2 Å². The molecule has 2 aromatic rings. The molecule has 1 fully saturated rings. The number of thioether (sulfide) groups is 1. The molecular formula is C20H27N5O4S3. The highest BCUT2D eigenvalue weighted by atomic mass is 32.2. The van der Waals surface area contributed by atoms with Gasteiger partial charge in [0.2, 0.25) is 27.0 Å². The molecule has 174 valence electrons. The Morgan fingerprint density at radius 1 is 1.25 bits per heavy atom. The number of hydrogen-bond acceptors (Lipinski definition) is 8. The SMILES string of the molecule is CCCS(=O)(=O)N1CCCC1C(=O)Nc1nnc(SCC(=O)Nc2ccc(C)cc2C)s1. The van der Waals surface area contributed by atoms with Gasteiger partial charge in [0.1, 0.15) is 6.04 Å². The number of carbonyl (C=O) groups excluding carboxylic acids is 2. The number of sulfonamides is 1. The van der Waals surface area contributed by atoms with Gasteiger partial charge in [-0.3, -0.25) is 14.9 Å². The van der Waals surface area contributed by atoms with E-state index in [1.165, 1.54) is 16.1 Å². The number of anilines is 2. The van der Waals surface area contributed by atoms with E-state index in [1.807, 2.05) is 32.0 Å². The average molecular weight is 498 g/mol. The minimum absolute atomic E-state index is 0.0283. The third kappa shape index (κ3) is 6.27. The van der Waals surface area contributed by atoms with Crippen LogP contribution in [-0.2, 0) is 19.6 Å². The van der Waals surface area contributed by atoms with Crippen molar-refractivity contribution < 1.29 is 18.0 Å². The first-order chi connectivity index (χ1) is 15.2. The Labute approximate surface area is 196 Å². The Morgan fingerprint density at radius 3 is 2.75 bits per heavy atom. The third-order valence-electron chi connectivity index (χ3n) is 4.95. The van der Waals surface area contributed by atoms with Gasteiger partial charge in [0, 0.05) is 12.2 Å². The number of hydrogen-bond donors (Lipinski definition) is 2. The molecule has 12 heteroatoms. The summed E-state index contributed by atoms with van der Waals surface area (Å²) < 4.78 is 26.6. The van der Waals surface area contributed by atoms with Crippen molar-refractivity contribution >= 4 is 55.8 Å². The van der Waals surface area contributed by atoms with Gasteiger partial charge in [-0.25, -0.2) is 8.42 Å². The average Bonchev–Trinajstić information content (AvgIpc) is 3.38. The van der Waals surface area contributed by atoms with Gasteiger partial charge in [0.25, 0.3) is 0 Å². The number of aryl methyl sites for hydroxylation is 2. The minimum atomic E-state index is -3.45. The van der Waals surface area contributed by atoms with E-state index in [1.54, 1.807) is 6.92 Å². The molecule has 1 unspecified atom stereocenters. The maximum Gasteiger partial charge on any atom is 0.244 e. The van der Waals surface area contributed by atoms with E-state index in [9.17, 15) is 18.0 Å². The van der Waals surface area contributed by atoms with E-state index in [2.05, 4.69) is 20.8 Å². The van der Waals surface area contributed by atoms with Gasteiger partial charge in [0.05, 0.1) is 11.5 Å². The highest BCUT2D eigenvalue weighted by Gasteiger charge is 2.38. The summed E-state index contributed by atoms with van der Waals surface area (Å²) in [5.74, 6) is -0.379. The molecule has 0 bridgehead atoms. The molecule has 1 aliphatic heterocycles. The largest absolute Gasteiger partial charge is 0.325 e. The van der Waals surface area contributed by atoms with Crippen LogP contribution in [-0.4, -0.2) is 58.8 Å². The van der Waals surface area contributed by atoms with Crippen LogP contribution in [0.1, 0.15) is 37.3 Å². The molecule has 9 nitrogen and oxygen atoms in total. The lowest BCUT2D eigenvalue weighted by atomic mass is 10.1. The Hall–Kier alpha value is -2.02. The molecule has 1 aliphatic rings. The van der Waals surface area contributed by atoms with Crippen LogP contribution in [0.4, 0.5) is 10.8 Å². The van der Waals surface area contributed by atoms with Crippen LogP contribution in [0.2, 0.25) is 0 Å². The van der Waals surface area contributed by atoms with Gasteiger partial charge in [-0.05, 0) is 44.7 Å². The molecule has 1 aromatic heterocycles. The fourth-order valence-corrected chi connectivity index (χ4v) is 6.79. The summed E-state index contributed by atoms with van der Waals surface area (Å²) in [5, 5.41) is 13.8. The van der Waals surface area contributed by atoms with Gasteiger partial charge in [-0.15, -0.1) is 10.2 Å². The molecule has 1 atom stereocenters. The highest BCUT2D eigenvalue weighted by molar-refractivity contribution is 8.01. The van der Waals surface area contributed by atoms with E-state index in [4.69, 9.17) is 0 Å². The summed E-state index contributed by atoms with van der Waals surface area (Å²) in [6, 6.07) is 5.09. The van der Waals surface area contributed by atoms with Gasteiger partial charge in [-0.2, -0.15) is 4.31 Å². The Kier molecular flexibility index (Phi) is 8.26. The van der Waals surface area contributed by atoms with Crippen LogP contribution in [0.3, 0.4) is 0 Å². The number of nitrogens with zero attached hydrogens (tertiary/aromatic N) is 3. The number of benzene rings is 1. The maximum absolute atomic E-state index is 12.7. The number of aromatic nitrogens is 2. The Bertz CT molecular complexity index is 1090. The molecule has 0 aliphatic carbocycles. The Morgan fingerprint density at radius 2 is 2.03 bits per heavy atom. The highest BCUT2D eigenvalue weighted by Crippen LogP contribution is 2.28. The standard InChI is InChI=1S/C20H27N5O4S3/c1-4-10-32(28,29)25-9-5-6-16(25)18(27)22-19-23-24-20(31-19)30-12-17(26)21-15-8-7-13(2)11-14(15)3/h7-8,11,16H,4-6,9-10,12H2,1-3H3,(H,21,26)(H,22,23,27). The molecule has 0 radical (unpaired) electrons. The predicted octanol–water partition coefficient (Wildman–Crippen LogP) is 3.03. The third-order valence-corrected chi connectivity index (χ3v) is 8.99. The molecule has 0 spiro atoms. The summed E-state index contributed by atoms with van der Waals surface area (Å²) in [6.45, 7) is 6.08. The quantitative estimate of drug-likeness (QED) is 0.403. The fourth-order valence-electron chi connectivity index (χ4n) is 3.49. The van der Waals surface area contributed by atoms with Gasteiger partial charge in [0.15, 0.2) is 4.34 Å². The van der Waals surface area contributed by atoms with Crippen molar-refractivity contribution in [1.82, 2.24) is 14.5 Å². The number of rotatable bonds is 9. The maximum atomic E-state index is 12.7. The van der Waals surface area contributed by atoms with E-state index >= 15 is 0 Å². The van der Waals surface area contributed by atoms with Crippen LogP contribution >= 0.6 is 23.1 Å². The van der Waals surface area contributed by atoms with Crippen LogP contribution in [0, 0.1) is 13.8 Å². The molecule has 3 rings (SSSR count). The number of carbonyl (C=O) groups is 2. The zero-order valence-corrected chi connectivity index (χ0v) is 20.7. The van der Waals surface area contributed by atoms with E-state index < -0.39 is 22.0 Å². The van der Waals surface area contributed by atoms with Gasteiger partial charge >= 0.3 is 0 Å². The zero-order valence-electron chi connectivity index (χ0n) is 18.3. The monoisotopic (exact) mass is 497 g/mol. The normalized spacial score (nSPS) is 16.8. The lowest BCUT2D eigenvalue weighted by molar-refractivity contribution is -0.119. The van der Waals surface area contributed by atoms with Crippen LogP contribution in [0.15, 0.2) is 22.5 Å². The lowest BCUT2D eigenvalue weighted by Crippen LogP contribution is -2.44. The summed E-state index contributed by atoms with van der Waals surface area (Å²) in [7, 11) is -3.45. The van der Waals surface area contributed by atoms with Crippen molar-refractivity contribution in [3.63, 3.8) is 0 Å². The smallest absolute Gasteiger partial charge is 0.244 e. The first kappa shape index (κ1) is 24.6. The number of nitrogens with one attached hydrogen (secondary N) is 2. The van der Waals surface area contributed by atoms with Crippen molar-refractivity contribution in [1.29, 1.82) is 0 Å². The first-order valence-electron chi connectivity index (χ1n) is 10.3. The Balaban J connectivity index is 1.53. The topological polar surface area (TPSA) is 121 Å². The fraction of sp³-hybridized carbons (Fsp3) is 0.500. The predicted molar refractivity (Wildman–Crippen MR) is 128 cm³/mol. The van der Waals surface area contributed by atoms with Crippen molar-refractivity contribution in [2.45, 2.75) is 50.4 Å².